The van der Waals surface area contributed by atoms with Gasteiger partial charge in [0.25, 0.3) is 0 Å². The maximum Gasteiger partial charge on any atom is 0.191 e. The van der Waals surface area contributed by atoms with E-state index in [1.54, 1.807) is 19.0 Å². The highest BCUT2D eigenvalue weighted by atomic mass is 127. The summed E-state index contributed by atoms with van der Waals surface area (Å²) in [7, 11) is 3.56. The van der Waals surface area contributed by atoms with Gasteiger partial charge in [0.2, 0.25) is 0 Å². The fourth-order valence-electron chi connectivity index (χ4n) is 2.25. The molecule has 0 heterocycles. The summed E-state index contributed by atoms with van der Waals surface area (Å²) in [6.07, 6.45) is 0. The molecule has 0 aliphatic heterocycles. The number of guanidine groups is 1. The molecule has 0 fully saturated rings. The molecule has 0 radical (unpaired) electrons. The first-order valence-corrected chi connectivity index (χ1v) is 8.21. The van der Waals surface area contributed by atoms with Gasteiger partial charge < -0.3 is 20.3 Å². The Bertz CT molecular complexity index is 509. The lowest BCUT2D eigenvalue weighted by molar-refractivity contribution is 0.152. The van der Waals surface area contributed by atoms with Gasteiger partial charge in [-0.05, 0) is 40.1 Å². The van der Waals surface area contributed by atoms with Gasteiger partial charge in [0.05, 0.1) is 19.2 Å². The van der Waals surface area contributed by atoms with Crippen molar-refractivity contribution in [2.75, 3.05) is 46.9 Å². The van der Waals surface area contributed by atoms with Crippen molar-refractivity contribution in [3.05, 3.63) is 35.4 Å². The van der Waals surface area contributed by atoms with Crippen molar-refractivity contribution >= 4 is 29.9 Å². The SMILES string of the molecule is CCNC(=NCC(c1c(F)cccc1F)N(C)C)NCCOCC.I. The van der Waals surface area contributed by atoms with Gasteiger partial charge in [0.1, 0.15) is 11.6 Å². The molecule has 8 heteroatoms. The number of rotatable bonds is 9. The zero-order valence-electron chi connectivity index (χ0n) is 15.3. The number of ether oxygens (including phenoxy) is 1. The van der Waals surface area contributed by atoms with Crippen molar-refractivity contribution in [3.63, 3.8) is 0 Å². The van der Waals surface area contributed by atoms with Crippen molar-refractivity contribution in [2.45, 2.75) is 19.9 Å². The van der Waals surface area contributed by atoms with Crippen molar-refractivity contribution < 1.29 is 13.5 Å². The van der Waals surface area contributed by atoms with E-state index in [9.17, 15) is 8.78 Å². The zero-order valence-corrected chi connectivity index (χ0v) is 17.6. The molecule has 1 atom stereocenters. The Morgan fingerprint density at radius 1 is 1.20 bits per heavy atom. The molecule has 25 heavy (non-hydrogen) atoms. The van der Waals surface area contributed by atoms with Gasteiger partial charge in [-0.2, -0.15) is 0 Å². The second-order valence-corrected chi connectivity index (χ2v) is 5.46. The standard InChI is InChI=1S/C17H28F2N4O.HI/c1-5-20-17(21-10-11-24-6-2)22-12-15(23(3)4)16-13(18)8-7-9-14(16)19;/h7-9,15H,5-6,10-12H2,1-4H3,(H2,20,21,22);1H. The average molecular weight is 470 g/mol. The minimum atomic E-state index is -0.557. The molecule has 2 N–H and O–H groups in total. The molecular formula is C17H29F2IN4O. The number of nitrogens with zero attached hydrogens (tertiary/aromatic N) is 2. The highest BCUT2D eigenvalue weighted by Gasteiger charge is 2.22. The van der Waals surface area contributed by atoms with E-state index in [1.165, 1.54) is 18.2 Å². The van der Waals surface area contributed by atoms with Gasteiger partial charge >= 0.3 is 0 Å². The third-order valence-corrected chi connectivity index (χ3v) is 3.47. The average Bonchev–Trinajstić information content (AvgIpc) is 2.53. The minimum absolute atomic E-state index is 0. The molecule has 1 aromatic carbocycles. The van der Waals surface area contributed by atoms with Crippen LogP contribution in [0, 0.1) is 11.6 Å². The topological polar surface area (TPSA) is 48.9 Å². The Morgan fingerprint density at radius 3 is 2.36 bits per heavy atom. The zero-order chi connectivity index (χ0) is 17.9. The van der Waals surface area contributed by atoms with Crippen molar-refractivity contribution in [3.8, 4) is 0 Å². The van der Waals surface area contributed by atoms with Gasteiger partial charge in [-0.3, -0.25) is 4.99 Å². The lowest BCUT2D eigenvalue weighted by Crippen LogP contribution is -2.39. The van der Waals surface area contributed by atoms with Crippen molar-refractivity contribution in [2.24, 2.45) is 4.99 Å². The van der Waals surface area contributed by atoms with Crippen LogP contribution in [0.4, 0.5) is 8.78 Å². The lowest BCUT2D eigenvalue weighted by Gasteiger charge is -2.24. The Labute approximate surface area is 166 Å². The molecule has 0 amide bonds. The fourth-order valence-corrected chi connectivity index (χ4v) is 2.25. The Hall–Kier alpha value is -1.00. The summed E-state index contributed by atoms with van der Waals surface area (Å²) in [5.41, 5.74) is 0.0383. The number of nitrogens with one attached hydrogen (secondary N) is 2. The van der Waals surface area contributed by atoms with Gasteiger partial charge in [-0.1, -0.05) is 6.07 Å². The van der Waals surface area contributed by atoms with Crippen LogP contribution in [0.2, 0.25) is 0 Å². The van der Waals surface area contributed by atoms with Crippen LogP contribution < -0.4 is 10.6 Å². The molecule has 1 unspecified atom stereocenters. The summed E-state index contributed by atoms with van der Waals surface area (Å²) >= 11 is 0. The van der Waals surface area contributed by atoms with Crippen LogP contribution in [0.1, 0.15) is 25.5 Å². The van der Waals surface area contributed by atoms with E-state index in [1.807, 2.05) is 13.8 Å². The first-order valence-electron chi connectivity index (χ1n) is 8.21. The summed E-state index contributed by atoms with van der Waals surface area (Å²) in [4.78, 5) is 6.21. The van der Waals surface area contributed by atoms with E-state index in [4.69, 9.17) is 4.74 Å². The highest BCUT2D eigenvalue weighted by Crippen LogP contribution is 2.24. The van der Waals surface area contributed by atoms with Gasteiger partial charge in [0, 0.05) is 25.3 Å². The second kappa shape index (κ2) is 13.2. The lowest BCUT2D eigenvalue weighted by atomic mass is 10.0. The first kappa shape index (κ1) is 24.0. The van der Waals surface area contributed by atoms with Gasteiger partial charge in [-0.25, -0.2) is 8.78 Å². The third-order valence-electron chi connectivity index (χ3n) is 3.47. The van der Waals surface area contributed by atoms with Crippen LogP contribution in [-0.4, -0.2) is 57.8 Å². The largest absolute Gasteiger partial charge is 0.380 e. The summed E-state index contributed by atoms with van der Waals surface area (Å²) in [5.74, 6) is -0.516. The molecule has 0 aliphatic carbocycles. The molecule has 1 rings (SSSR count). The van der Waals surface area contributed by atoms with Gasteiger partial charge in [0.15, 0.2) is 5.96 Å². The van der Waals surface area contributed by atoms with E-state index in [2.05, 4.69) is 15.6 Å². The van der Waals surface area contributed by atoms with Gasteiger partial charge in [-0.15, -0.1) is 24.0 Å². The number of hydrogen-bond donors (Lipinski definition) is 2. The Kier molecular flexibility index (Phi) is 12.7. The molecule has 0 aliphatic rings. The summed E-state index contributed by atoms with van der Waals surface area (Å²) in [6, 6.07) is 3.41. The number of hydrogen-bond acceptors (Lipinski definition) is 3. The Balaban J connectivity index is 0.00000576. The molecule has 5 nitrogen and oxygen atoms in total. The molecule has 0 saturated heterocycles. The molecule has 0 spiro atoms. The maximum absolute atomic E-state index is 14.1. The van der Waals surface area contributed by atoms with E-state index in [0.717, 1.165) is 0 Å². The monoisotopic (exact) mass is 470 g/mol. The molecular weight excluding hydrogens is 441 g/mol. The summed E-state index contributed by atoms with van der Waals surface area (Å²) in [6.45, 7) is 6.66. The van der Waals surface area contributed by atoms with Crippen LogP contribution in [0.25, 0.3) is 0 Å². The van der Waals surface area contributed by atoms with E-state index in [0.29, 0.717) is 32.3 Å². The van der Waals surface area contributed by atoms with Crippen LogP contribution in [-0.2, 0) is 4.74 Å². The first-order chi connectivity index (χ1) is 11.5. The fraction of sp³-hybridized carbons (Fsp3) is 0.588. The second-order valence-electron chi connectivity index (χ2n) is 5.46. The number of aliphatic imine (C=N–C) groups is 1. The van der Waals surface area contributed by atoms with Crippen LogP contribution >= 0.6 is 24.0 Å². The predicted octanol–water partition coefficient (Wildman–Crippen LogP) is 2.78. The Morgan fingerprint density at radius 2 is 1.84 bits per heavy atom. The molecule has 1 aromatic rings. The highest BCUT2D eigenvalue weighted by molar-refractivity contribution is 14.0. The van der Waals surface area contributed by atoms with Crippen LogP contribution in [0.3, 0.4) is 0 Å². The number of benzene rings is 1. The van der Waals surface area contributed by atoms with Crippen LogP contribution in [0.15, 0.2) is 23.2 Å². The van der Waals surface area contributed by atoms with E-state index >= 15 is 0 Å². The number of likely N-dealkylation sites (N-methyl/N-ethyl adjacent to an activating group) is 1. The van der Waals surface area contributed by atoms with Crippen molar-refractivity contribution in [1.29, 1.82) is 0 Å². The molecule has 0 bridgehead atoms. The minimum Gasteiger partial charge on any atom is -0.380 e. The third kappa shape index (κ3) is 8.28. The van der Waals surface area contributed by atoms with Crippen LogP contribution in [0.5, 0.6) is 0 Å². The summed E-state index contributed by atoms with van der Waals surface area (Å²) < 4.78 is 33.4. The van der Waals surface area contributed by atoms with Crippen molar-refractivity contribution in [1.82, 2.24) is 15.5 Å². The predicted molar refractivity (Wildman–Crippen MR) is 109 cm³/mol. The number of halogens is 3. The van der Waals surface area contributed by atoms with E-state index < -0.39 is 17.7 Å². The summed E-state index contributed by atoms with van der Waals surface area (Å²) in [5, 5.41) is 6.25. The quantitative estimate of drug-likeness (QED) is 0.252. The maximum atomic E-state index is 14.1. The normalized spacial score (nSPS) is 12.7. The molecule has 0 aromatic heterocycles. The molecule has 0 saturated carbocycles. The smallest absolute Gasteiger partial charge is 0.191 e. The molecule has 144 valence electrons. The van der Waals surface area contributed by atoms with E-state index in [-0.39, 0.29) is 36.1 Å².